The van der Waals surface area contributed by atoms with Crippen molar-refractivity contribution in [3.05, 3.63) is 106 Å². The fraction of sp³-hybridized carbons (Fsp3) is 0.542. The highest BCUT2D eigenvalue weighted by atomic mass is 19.4. The first kappa shape index (κ1) is 57.6. The lowest BCUT2D eigenvalue weighted by atomic mass is 9.87. The summed E-state index contributed by atoms with van der Waals surface area (Å²) in [4.78, 5) is 39.4. The lowest BCUT2D eigenvalue weighted by Gasteiger charge is -2.40. The maximum absolute atomic E-state index is 14.4. The molecule has 4 aromatic rings. The van der Waals surface area contributed by atoms with Gasteiger partial charge < -0.3 is 35.8 Å². The summed E-state index contributed by atoms with van der Waals surface area (Å²) in [6, 6.07) is 20.9. The number of aromatic nitrogens is 1. The third-order valence-corrected chi connectivity index (χ3v) is 15.2. The Hall–Kier alpha value is -5.64. The number of piperazine rings is 1. The number of aryl methyl sites for hydroxylation is 1. The molecule has 0 radical (unpaired) electrons. The van der Waals surface area contributed by atoms with Crippen molar-refractivity contribution in [2.75, 3.05) is 101 Å². The Labute approximate surface area is 439 Å². The van der Waals surface area contributed by atoms with E-state index in [0.717, 1.165) is 85.1 Å². The number of amides is 2. The molecular weight excluding hydrogens is 940 g/mol. The number of likely N-dealkylation sites (tertiary alicyclic amines) is 2. The van der Waals surface area contributed by atoms with Crippen molar-refractivity contribution in [3.8, 4) is 11.1 Å². The molecule has 74 heavy (non-hydrogen) atoms. The standard InChI is InChI=1S/C55H72F3N9O3.2C2H6/c1-7-8-49(53(68)59-5)61-44-14-16-51(47(33-44)55(56,57)58)66-29-27-64(28-30-66)34-39-18-23-67(24-19-39)54(69)42-11-9-40(10-12-42)41-20-25-65(26-21-41)38(4)36(2)31-46-37(3)60-22-17-45(46)43-13-15-48-50(32-43)63-52(62-48)35-70-6;2*1-2/h9-17,22,31-33,38-39,41,49,52,61-63H,7-8,18-21,23-30,34-35H2,1-6H3,(H,59,68);2*1-2H3/b36-31+;;. The second-order valence-electron chi connectivity index (χ2n) is 19.8. The molecule has 3 fully saturated rings. The first-order valence-corrected chi connectivity index (χ1v) is 27.3. The van der Waals surface area contributed by atoms with Crippen molar-refractivity contribution in [1.82, 2.24) is 25.0 Å². The molecule has 404 valence electrons. The van der Waals surface area contributed by atoms with Crippen LogP contribution in [-0.4, -0.2) is 129 Å². The van der Waals surface area contributed by atoms with Crippen molar-refractivity contribution in [2.45, 2.75) is 124 Å². The lowest BCUT2D eigenvalue weighted by molar-refractivity contribution is -0.137. The number of nitrogens with one attached hydrogen (secondary N) is 4. The number of ether oxygens (including phenoxy) is 1. The second-order valence-corrected chi connectivity index (χ2v) is 19.8. The van der Waals surface area contributed by atoms with Gasteiger partial charge in [0.2, 0.25) is 5.91 Å². The minimum absolute atomic E-state index is 0.0537. The molecule has 1 aromatic heterocycles. The van der Waals surface area contributed by atoms with Gasteiger partial charge in [0.25, 0.3) is 5.91 Å². The van der Waals surface area contributed by atoms with E-state index in [0.29, 0.717) is 70.6 Å². The number of pyridine rings is 1. The number of carbonyl (C=O) groups is 2. The fourth-order valence-corrected chi connectivity index (χ4v) is 10.9. The highest BCUT2D eigenvalue weighted by Gasteiger charge is 2.37. The number of alkyl halides is 3. The van der Waals surface area contributed by atoms with E-state index in [9.17, 15) is 22.8 Å². The number of hydrogen-bond donors (Lipinski definition) is 4. The van der Waals surface area contributed by atoms with E-state index in [2.05, 4.69) is 99.3 Å². The van der Waals surface area contributed by atoms with E-state index in [4.69, 9.17) is 4.74 Å². The molecule has 3 atom stereocenters. The summed E-state index contributed by atoms with van der Waals surface area (Å²) in [5.74, 6) is 0.700. The van der Waals surface area contributed by atoms with Gasteiger partial charge in [0.05, 0.1) is 23.5 Å². The van der Waals surface area contributed by atoms with Gasteiger partial charge in [-0.05, 0) is 143 Å². The summed E-state index contributed by atoms with van der Waals surface area (Å²) in [5, 5.41) is 12.6. The van der Waals surface area contributed by atoms with E-state index in [1.54, 1.807) is 13.2 Å². The van der Waals surface area contributed by atoms with Gasteiger partial charge in [-0.3, -0.25) is 24.4 Å². The molecule has 8 rings (SSSR count). The molecule has 5 heterocycles. The third kappa shape index (κ3) is 14.4. The number of halogens is 3. The first-order valence-electron chi connectivity index (χ1n) is 27.3. The van der Waals surface area contributed by atoms with Crippen molar-refractivity contribution >= 4 is 40.6 Å². The number of likely N-dealkylation sites (N-methyl/N-ethyl adjacent to an activating group) is 1. The van der Waals surface area contributed by atoms with E-state index < -0.39 is 17.8 Å². The van der Waals surface area contributed by atoms with Gasteiger partial charge >= 0.3 is 6.18 Å². The number of rotatable bonds is 16. The molecular formula is C59H84F3N9O3. The summed E-state index contributed by atoms with van der Waals surface area (Å²) < 4.78 is 48.5. The molecule has 4 N–H and O–H groups in total. The summed E-state index contributed by atoms with van der Waals surface area (Å²) in [6.07, 6.45) is 4.89. The molecule has 0 bridgehead atoms. The van der Waals surface area contributed by atoms with Crippen molar-refractivity contribution in [1.29, 1.82) is 0 Å². The van der Waals surface area contributed by atoms with E-state index in [1.807, 2.05) is 62.7 Å². The Morgan fingerprint density at radius 2 is 1.54 bits per heavy atom. The molecule has 0 saturated carbocycles. The smallest absolute Gasteiger partial charge is 0.381 e. The van der Waals surface area contributed by atoms with Crippen LogP contribution in [0.25, 0.3) is 17.2 Å². The maximum atomic E-state index is 14.4. The highest BCUT2D eigenvalue weighted by molar-refractivity contribution is 5.94. The molecule has 3 aromatic carbocycles. The number of piperidine rings is 2. The lowest BCUT2D eigenvalue weighted by Crippen LogP contribution is -2.49. The molecule has 12 nitrogen and oxygen atoms in total. The zero-order chi connectivity index (χ0) is 53.5. The number of methoxy groups -OCH3 is 1. The van der Waals surface area contributed by atoms with Gasteiger partial charge in [0.15, 0.2) is 0 Å². The highest BCUT2D eigenvalue weighted by Crippen LogP contribution is 2.40. The monoisotopic (exact) mass is 1020 g/mol. The first-order chi connectivity index (χ1) is 35.7. The fourth-order valence-electron chi connectivity index (χ4n) is 10.9. The zero-order valence-electron chi connectivity index (χ0n) is 45.8. The zero-order valence-corrected chi connectivity index (χ0v) is 45.8. The Balaban J connectivity index is 0.00000218. The van der Waals surface area contributed by atoms with E-state index in [1.165, 1.54) is 29.8 Å². The van der Waals surface area contributed by atoms with Gasteiger partial charge in [-0.15, -0.1) is 0 Å². The van der Waals surface area contributed by atoms with Gasteiger partial charge in [-0.2, -0.15) is 13.2 Å². The van der Waals surface area contributed by atoms with Gasteiger partial charge in [-0.1, -0.05) is 70.9 Å². The number of hydrogen-bond acceptors (Lipinski definition) is 10. The van der Waals surface area contributed by atoms with Crippen LogP contribution in [-0.2, 0) is 15.7 Å². The summed E-state index contributed by atoms with van der Waals surface area (Å²) in [7, 11) is 3.24. The third-order valence-electron chi connectivity index (χ3n) is 15.2. The minimum Gasteiger partial charge on any atom is -0.381 e. The second kappa shape index (κ2) is 27.2. The average molecular weight is 1020 g/mol. The van der Waals surface area contributed by atoms with Gasteiger partial charge in [-0.25, -0.2) is 0 Å². The number of fused-ring (bicyclic) bond motifs is 1. The molecule has 15 heteroatoms. The van der Waals surface area contributed by atoms with Crippen molar-refractivity contribution in [3.63, 3.8) is 0 Å². The van der Waals surface area contributed by atoms with Gasteiger partial charge in [0.1, 0.15) is 12.2 Å². The quantitative estimate of drug-likeness (QED) is 0.0864. The number of anilines is 4. The van der Waals surface area contributed by atoms with Crippen LogP contribution in [0.4, 0.5) is 35.9 Å². The Morgan fingerprint density at radius 1 is 0.865 bits per heavy atom. The molecule has 3 unspecified atom stereocenters. The summed E-state index contributed by atoms with van der Waals surface area (Å²) >= 11 is 0. The topological polar surface area (TPSA) is 117 Å². The maximum Gasteiger partial charge on any atom is 0.418 e. The number of carbonyl (C=O) groups excluding carboxylic acids is 2. The average Bonchev–Trinajstić information content (AvgIpc) is 3.84. The normalized spacial score (nSPS) is 18.7. The Morgan fingerprint density at radius 3 is 2.18 bits per heavy atom. The van der Waals surface area contributed by atoms with Crippen LogP contribution in [0.15, 0.2) is 78.5 Å². The number of nitrogens with zero attached hydrogens (tertiary/aromatic N) is 5. The largest absolute Gasteiger partial charge is 0.418 e. The molecule has 4 aliphatic rings. The van der Waals surface area contributed by atoms with Crippen LogP contribution in [0, 0.1) is 12.8 Å². The number of benzene rings is 3. The van der Waals surface area contributed by atoms with Gasteiger partial charge in [0, 0.05) is 100 Å². The molecule has 0 spiro atoms. The van der Waals surface area contributed by atoms with Crippen LogP contribution < -0.4 is 26.2 Å². The SMILES string of the molecule is CC.CC.CCCC(Nc1ccc(N2CCN(CC3CCN(C(=O)c4ccc(C5CCN(C(C)/C(C)=C/c6c(-c7ccc8c(c7)NC(COC)N8)ccnc6C)CC5)cc4)CC3)CC2)c(C(F)(F)F)c1)C(=O)NC. The van der Waals surface area contributed by atoms with Crippen molar-refractivity contribution < 1.29 is 27.5 Å². The van der Waals surface area contributed by atoms with Crippen LogP contribution in [0.2, 0.25) is 0 Å². The summed E-state index contributed by atoms with van der Waals surface area (Å²) in [5.41, 5.74) is 9.71. The van der Waals surface area contributed by atoms with E-state index in [-0.39, 0.29) is 35.4 Å². The minimum atomic E-state index is -4.54. The van der Waals surface area contributed by atoms with Crippen molar-refractivity contribution in [2.24, 2.45) is 5.92 Å². The van der Waals surface area contributed by atoms with Crippen LogP contribution in [0.5, 0.6) is 0 Å². The molecule has 4 aliphatic heterocycles. The van der Waals surface area contributed by atoms with Crippen LogP contribution in [0.3, 0.4) is 0 Å². The molecule has 3 saturated heterocycles. The molecule has 0 aliphatic carbocycles. The van der Waals surface area contributed by atoms with E-state index >= 15 is 0 Å². The Bertz CT molecular complexity index is 2460. The van der Waals surface area contributed by atoms with Crippen LogP contribution >= 0.6 is 0 Å². The molecule has 2 amide bonds. The summed E-state index contributed by atoms with van der Waals surface area (Å²) in [6.45, 7) is 23.7. The Kier molecular flexibility index (Phi) is 21.2. The van der Waals surface area contributed by atoms with Crippen LogP contribution in [0.1, 0.15) is 126 Å². The predicted molar refractivity (Wildman–Crippen MR) is 298 cm³/mol. The predicted octanol–water partition coefficient (Wildman–Crippen LogP) is 11.6.